The number of carbonyl (C=O) groups excluding carboxylic acids is 1. The van der Waals surface area contributed by atoms with Gasteiger partial charge in [0.1, 0.15) is 11.6 Å². The van der Waals surface area contributed by atoms with Crippen LogP contribution in [0.3, 0.4) is 0 Å². The molecule has 0 spiro atoms. The van der Waals surface area contributed by atoms with Gasteiger partial charge in [-0.05, 0) is 48.5 Å². The fraction of sp³-hybridized carbons (Fsp3) is 0.158. The van der Waals surface area contributed by atoms with Gasteiger partial charge in [-0.3, -0.25) is 9.78 Å². The predicted molar refractivity (Wildman–Crippen MR) is 108 cm³/mol. The van der Waals surface area contributed by atoms with Gasteiger partial charge in [-0.25, -0.2) is 0 Å². The van der Waals surface area contributed by atoms with Gasteiger partial charge in [0, 0.05) is 36.2 Å². The quantitative estimate of drug-likeness (QED) is 0.476. The zero-order valence-electron chi connectivity index (χ0n) is 14.9. The van der Waals surface area contributed by atoms with E-state index in [1.807, 2.05) is 24.3 Å². The lowest BCUT2D eigenvalue weighted by atomic mass is 10.3. The number of nitrogens with zero attached hydrogens (tertiary/aromatic N) is 3. The van der Waals surface area contributed by atoms with Gasteiger partial charge in [0.2, 0.25) is 0 Å². The molecule has 2 heterocycles. The SMILES string of the molecule is O=C(COc1ccc(Cl)cc1)NCCNc1ccc(Nc2ccncc2)nn1. The first kappa shape index (κ1) is 19.4. The smallest absolute Gasteiger partial charge is 0.258 e. The Labute approximate surface area is 167 Å². The van der Waals surface area contributed by atoms with Crippen LogP contribution in [0.1, 0.15) is 0 Å². The van der Waals surface area contributed by atoms with E-state index in [1.165, 1.54) is 0 Å². The van der Waals surface area contributed by atoms with Crippen LogP contribution >= 0.6 is 11.6 Å². The summed E-state index contributed by atoms with van der Waals surface area (Å²) in [7, 11) is 0. The second-order valence-electron chi connectivity index (χ2n) is 5.68. The van der Waals surface area contributed by atoms with Crippen molar-refractivity contribution in [1.82, 2.24) is 20.5 Å². The summed E-state index contributed by atoms with van der Waals surface area (Å²) in [4.78, 5) is 15.7. The van der Waals surface area contributed by atoms with Crippen molar-refractivity contribution >= 4 is 34.8 Å². The van der Waals surface area contributed by atoms with Crippen LogP contribution in [0.2, 0.25) is 5.02 Å². The second-order valence-corrected chi connectivity index (χ2v) is 6.12. The average molecular weight is 399 g/mol. The van der Waals surface area contributed by atoms with Crippen LogP contribution in [0.4, 0.5) is 17.3 Å². The van der Waals surface area contributed by atoms with Gasteiger partial charge in [0.05, 0.1) is 0 Å². The number of rotatable bonds is 9. The lowest BCUT2D eigenvalue weighted by Crippen LogP contribution is -2.32. The predicted octanol–water partition coefficient (Wildman–Crippen LogP) is 2.88. The van der Waals surface area contributed by atoms with Gasteiger partial charge in [-0.15, -0.1) is 10.2 Å². The van der Waals surface area contributed by atoms with Crippen LogP contribution in [-0.4, -0.2) is 40.8 Å². The maximum atomic E-state index is 11.8. The normalized spacial score (nSPS) is 10.2. The number of hydrogen-bond donors (Lipinski definition) is 3. The fourth-order valence-corrected chi connectivity index (χ4v) is 2.33. The van der Waals surface area contributed by atoms with Crippen LogP contribution in [0.25, 0.3) is 0 Å². The molecule has 0 unspecified atom stereocenters. The minimum atomic E-state index is -0.209. The molecular formula is C19H19ClN6O2. The maximum Gasteiger partial charge on any atom is 0.258 e. The molecule has 0 saturated heterocycles. The van der Waals surface area contributed by atoms with Gasteiger partial charge in [-0.2, -0.15) is 0 Å². The van der Waals surface area contributed by atoms with Crippen LogP contribution in [0, 0.1) is 0 Å². The summed E-state index contributed by atoms with van der Waals surface area (Å²) in [5, 5.41) is 17.8. The molecule has 8 nitrogen and oxygen atoms in total. The number of ether oxygens (including phenoxy) is 1. The molecule has 0 atom stereocenters. The molecule has 3 aromatic rings. The van der Waals surface area contributed by atoms with Crippen molar-refractivity contribution < 1.29 is 9.53 Å². The molecule has 0 aliphatic heterocycles. The largest absolute Gasteiger partial charge is 0.484 e. The summed E-state index contributed by atoms with van der Waals surface area (Å²) in [5.74, 6) is 1.63. The summed E-state index contributed by atoms with van der Waals surface area (Å²) in [6.07, 6.45) is 3.39. The molecule has 0 fully saturated rings. The Bertz CT molecular complexity index is 875. The molecule has 9 heteroatoms. The number of amides is 1. The molecule has 0 aliphatic rings. The molecule has 144 valence electrons. The lowest BCUT2D eigenvalue weighted by Gasteiger charge is -2.09. The van der Waals surface area contributed by atoms with Gasteiger partial charge in [-0.1, -0.05) is 11.6 Å². The highest BCUT2D eigenvalue weighted by molar-refractivity contribution is 6.30. The van der Waals surface area contributed by atoms with Crippen LogP contribution in [-0.2, 0) is 4.79 Å². The number of halogens is 1. The summed E-state index contributed by atoms with van der Waals surface area (Å²) >= 11 is 5.80. The summed E-state index contributed by atoms with van der Waals surface area (Å²) in [5.41, 5.74) is 0.883. The first-order valence-electron chi connectivity index (χ1n) is 8.59. The number of aromatic nitrogens is 3. The van der Waals surface area contributed by atoms with E-state index in [0.29, 0.717) is 35.5 Å². The summed E-state index contributed by atoms with van der Waals surface area (Å²) < 4.78 is 5.38. The maximum absolute atomic E-state index is 11.8. The molecule has 0 saturated carbocycles. The highest BCUT2D eigenvalue weighted by Gasteiger charge is 2.03. The second kappa shape index (κ2) is 10.1. The van der Waals surface area contributed by atoms with Crippen molar-refractivity contribution in [1.29, 1.82) is 0 Å². The number of hydrogen-bond acceptors (Lipinski definition) is 7. The number of benzene rings is 1. The van der Waals surface area contributed by atoms with Gasteiger partial charge in [0.25, 0.3) is 5.91 Å². The van der Waals surface area contributed by atoms with Crippen molar-refractivity contribution in [2.75, 3.05) is 30.3 Å². The van der Waals surface area contributed by atoms with Crippen molar-refractivity contribution in [3.8, 4) is 5.75 Å². The van der Waals surface area contributed by atoms with Crippen molar-refractivity contribution in [3.05, 3.63) is 65.9 Å². The van der Waals surface area contributed by atoms with Gasteiger partial charge >= 0.3 is 0 Å². The Balaban J connectivity index is 1.33. The molecule has 1 amide bonds. The van der Waals surface area contributed by atoms with E-state index < -0.39 is 0 Å². The lowest BCUT2D eigenvalue weighted by molar-refractivity contribution is -0.123. The number of carbonyl (C=O) groups is 1. The fourth-order valence-electron chi connectivity index (χ4n) is 2.20. The molecule has 3 rings (SSSR count). The van der Waals surface area contributed by atoms with E-state index >= 15 is 0 Å². The molecule has 0 bridgehead atoms. The average Bonchev–Trinajstić information content (AvgIpc) is 2.73. The zero-order chi connectivity index (χ0) is 19.6. The van der Waals surface area contributed by atoms with E-state index in [9.17, 15) is 4.79 Å². The minimum absolute atomic E-state index is 0.0587. The molecule has 0 aliphatic carbocycles. The van der Waals surface area contributed by atoms with Crippen molar-refractivity contribution in [3.63, 3.8) is 0 Å². The van der Waals surface area contributed by atoms with Crippen LogP contribution < -0.4 is 20.7 Å². The van der Waals surface area contributed by atoms with E-state index in [0.717, 1.165) is 5.69 Å². The first-order valence-corrected chi connectivity index (χ1v) is 8.96. The molecule has 28 heavy (non-hydrogen) atoms. The number of nitrogens with one attached hydrogen (secondary N) is 3. The Morgan fingerprint density at radius 1 is 0.929 bits per heavy atom. The molecule has 0 radical (unpaired) electrons. The van der Waals surface area contributed by atoms with E-state index in [-0.39, 0.29) is 12.5 Å². The van der Waals surface area contributed by atoms with Gasteiger partial charge < -0.3 is 20.7 Å². The highest BCUT2D eigenvalue weighted by Crippen LogP contribution is 2.15. The third-order valence-electron chi connectivity index (χ3n) is 3.55. The van der Waals surface area contributed by atoms with Crippen LogP contribution in [0.5, 0.6) is 5.75 Å². The number of anilines is 3. The third-order valence-corrected chi connectivity index (χ3v) is 3.81. The highest BCUT2D eigenvalue weighted by atomic mass is 35.5. The van der Waals surface area contributed by atoms with Crippen molar-refractivity contribution in [2.45, 2.75) is 0 Å². The van der Waals surface area contributed by atoms with E-state index in [4.69, 9.17) is 16.3 Å². The summed E-state index contributed by atoms with van der Waals surface area (Å²) in [6.45, 7) is 0.886. The Kier molecular flexibility index (Phi) is 6.97. The molecule has 3 N–H and O–H groups in total. The Hall–Kier alpha value is -3.39. The Morgan fingerprint density at radius 2 is 1.64 bits per heavy atom. The molecule has 2 aromatic heterocycles. The van der Waals surface area contributed by atoms with Crippen LogP contribution in [0.15, 0.2) is 60.9 Å². The standard InChI is InChI=1S/C19H19ClN6O2/c20-14-1-3-16(4-2-14)28-13-19(27)23-12-11-22-17-5-6-18(26-25-17)24-15-7-9-21-10-8-15/h1-10H,11-13H2,(H,22,25)(H,23,27)(H,21,24,26). The van der Waals surface area contributed by atoms with Gasteiger partial charge in [0.15, 0.2) is 12.4 Å². The monoisotopic (exact) mass is 398 g/mol. The molecular weight excluding hydrogens is 380 g/mol. The third kappa shape index (κ3) is 6.40. The van der Waals surface area contributed by atoms with Crippen molar-refractivity contribution in [2.24, 2.45) is 0 Å². The minimum Gasteiger partial charge on any atom is -0.484 e. The van der Waals surface area contributed by atoms with E-state index in [2.05, 4.69) is 31.1 Å². The summed E-state index contributed by atoms with van der Waals surface area (Å²) in [6, 6.07) is 14.1. The van der Waals surface area contributed by atoms with E-state index in [1.54, 1.807) is 36.7 Å². The topological polar surface area (TPSA) is 101 Å². The molecule has 1 aromatic carbocycles. The first-order chi connectivity index (χ1) is 13.7. The zero-order valence-corrected chi connectivity index (χ0v) is 15.7. The number of pyridine rings is 1. The Morgan fingerprint density at radius 3 is 2.36 bits per heavy atom.